The molecule has 0 bridgehead atoms. The number of benzene rings is 1. The average molecular weight is 289 g/mol. The van der Waals surface area contributed by atoms with Gasteiger partial charge in [0.15, 0.2) is 0 Å². The second-order valence-corrected chi connectivity index (χ2v) is 4.23. The zero-order valence-electron chi connectivity index (χ0n) is 11.9. The van der Waals surface area contributed by atoms with E-state index in [4.69, 9.17) is 9.15 Å². The summed E-state index contributed by atoms with van der Waals surface area (Å²) in [6.45, 7) is 1.34. The van der Waals surface area contributed by atoms with Crippen LogP contribution in [0.25, 0.3) is 11.3 Å². The Hall–Kier alpha value is -2.76. The molecule has 0 radical (unpaired) electrons. The van der Waals surface area contributed by atoms with Crippen LogP contribution in [0.4, 0.5) is 5.69 Å². The Bertz CT molecular complexity index is 674. The third-order valence-corrected chi connectivity index (χ3v) is 2.79. The fraction of sp³-hybridized carbons (Fsp3) is 0.200. The van der Waals surface area contributed by atoms with Crippen LogP contribution in [0.5, 0.6) is 5.75 Å². The number of carbonyl (C=O) groups excluding carboxylic acids is 2. The molecule has 21 heavy (non-hydrogen) atoms. The molecular weight excluding hydrogens is 274 g/mol. The number of amides is 1. The Morgan fingerprint density at radius 1 is 1.19 bits per heavy atom. The number of esters is 1. The third-order valence-electron chi connectivity index (χ3n) is 2.79. The predicted molar refractivity (Wildman–Crippen MR) is 76.3 cm³/mol. The number of carbonyl (C=O) groups is 2. The number of nitrogens with one attached hydrogen (secondary N) is 1. The molecule has 0 atom stereocenters. The lowest BCUT2D eigenvalue weighted by Gasteiger charge is -2.04. The summed E-state index contributed by atoms with van der Waals surface area (Å²) in [5, 5.41) is 2.54. The highest BCUT2D eigenvalue weighted by molar-refractivity contribution is 5.99. The van der Waals surface area contributed by atoms with E-state index in [2.05, 4.69) is 10.1 Å². The molecule has 0 unspecified atom stereocenters. The topological polar surface area (TPSA) is 77.8 Å². The van der Waals surface area contributed by atoms with E-state index in [0.717, 1.165) is 0 Å². The fourth-order valence-electron chi connectivity index (χ4n) is 1.90. The highest BCUT2D eigenvalue weighted by atomic mass is 16.5. The number of anilines is 1. The molecule has 2 rings (SSSR count). The van der Waals surface area contributed by atoms with Crippen LogP contribution < -0.4 is 10.1 Å². The molecule has 0 aliphatic heterocycles. The van der Waals surface area contributed by atoms with Gasteiger partial charge in [-0.25, -0.2) is 4.79 Å². The van der Waals surface area contributed by atoms with E-state index in [9.17, 15) is 9.59 Å². The van der Waals surface area contributed by atoms with Gasteiger partial charge in [0.25, 0.3) is 0 Å². The molecule has 0 saturated heterocycles. The van der Waals surface area contributed by atoms with Gasteiger partial charge in [-0.05, 0) is 12.1 Å². The number of furan rings is 1. The molecule has 1 heterocycles. The van der Waals surface area contributed by atoms with E-state index < -0.39 is 5.97 Å². The highest BCUT2D eigenvalue weighted by Gasteiger charge is 2.22. The summed E-state index contributed by atoms with van der Waals surface area (Å²) >= 11 is 0. The van der Waals surface area contributed by atoms with Gasteiger partial charge in [0, 0.05) is 13.0 Å². The number of ether oxygens (including phenoxy) is 2. The van der Waals surface area contributed by atoms with Crippen molar-refractivity contribution in [3.8, 4) is 17.1 Å². The summed E-state index contributed by atoms with van der Waals surface area (Å²) in [7, 11) is 2.78. The number of hydrogen-bond donors (Lipinski definition) is 1. The van der Waals surface area contributed by atoms with Gasteiger partial charge in [-0.2, -0.15) is 0 Å². The summed E-state index contributed by atoms with van der Waals surface area (Å²) in [6, 6.07) is 8.76. The summed E-state index contributed by atoms with van der Waals surface area (Å²) < 4.78 is 15.4. The molecular formula is C15H15NO5. The predicted octanol–water partition coefficient (Wildman–Crippen LogP) is 2.70. The number of rotatable bonds is 4. The third kappa shape index (κ3) is 3.05. The van der Waals surface area contributed by atoms with Crippen LogP contribution in [0.3, 0.4) is 0 Å². The lowest BCUT2D eigenvalue weighted by atomic mass is 10.1. The van der Waals surface area contributed by atoms with Crippen LogP contribution in [-0.2, 0) is 9.53 Å². The van der Waals surface area contributed by atoms with Gasteiger partial charge in [-0.15, -0.1) is 0 Å². The van der Waals surface area contributed by atoms with Crippen molar-refractivity contribution in [3.05, 3.63) is 36.1 Å². The molecule has 0 aliphatic rings. The number of hydrogen-bond acceptors (Lipinski definition) is 5. The van der Waals surface area contributed by atoms with Crippen LogP contribution >= 0.6 is 0 Å². The lowest BCUT2D eigenvalue weighted by Crippen LogP contribution is -2.09. The monoisotopic (exact) mass is 289 g/mol. The standard InChI is InChI=1S/C15H15NO5/c1-9(17)16-11-8-13(21-14(11)15(18)20-3)10-6-4-5-7-12(10)19-2/h4-8H,1-3H3,(H,16,17). The summed E-state index contributed by atoms with van der Waals surface area (Å²) in [5.41, 5.74) is 0.928. The molecule has 1 aromatic carbocycles. The Morgan fingerprint density at radius 2 is 1.90 bits per heavy atom. The van der Waals surface area contributed by atoms with E-state index >= 15 is 0 Å². The van der Waals surface area contributed by atoms with Crippen LogP contribution in [0, 0.1) is 0 Å². The zero-order chi connectivity index (χ0) is 15.4. The quantitative estimate of drug-likeness (QED) is 0.875. The van der Waals surface area contributed by atoms with Crippen LogP contribution in [0.15, 0.2) is 34.7 Å². The molecule has 2 aromatic rings. The molecule has 1 N–H and O–H groups in total. The molecule has 6 heteroatoms. The van der Waals surface area contributed by atoms with Crippen molar-refractivity contribution in [2.75, 3.05) is 19.5 Å². The minimum absolute atomic E-state index is 0.0615. The maximum Gasteiger partial charge on any atom is 0.376 e. The summed E-state index contributed by atoms with van der Waals surface area (Å²) in [6.07, 6.45) is 0. The first-order chi connectivity index (χ1) is 10.1. The van der Waals surface area contributed by atoms with E-state index in [1.807, 2.05) is 12.1 Å². The summed E-state index contributed by atoms with van der Waals surface area (Å²) in [5.74, 6) is -0.0466. The Balaban J connectivity index is 2.52. The molecule has 0 fully saturated rings. The van der Waals surface area contributed by atoms with E-state index in [1.165, 1.54) is 21.1 Å². The number of methoxy groups -OCH3 is 2. The Morgan fingerprint density at radius 3 is 2.52 bits per heavy atom. The van der Waals surface area contributed by atoms with E-state index in [0.29, 0.717) is 17.1 Å². The van der Waals surface area contributed by atoms with Gasteiger partial charge in [0.1, 0.15) is 11.5 Å². The van der Waals surface area contributed by atoms with Gasteiger partial charge in [-0.1, -0.05) is 12.1 Å². The van der Waals surface area contributed by atoms with Gasteiger partial charge in [0.05, 0.1) is 25.5 Å². The largest absolute Gasteiger partial charge is 0.496 e. The van der Waals surface area contributed by atoms with Gasteiger partial charge in [0.2, 0.25) is 11.7 Å². The van der Waals surface area contributed by atoms with Crippen molar-refractivity contribution in [1.29, 1.82) is 0 Å². The van der Waals surface area contributed by atoms with Gasteiger partial charge < -0.3 is 19.2 Å². The highest BCUT2D eigenvalue weighted by Crippen LogP contribution is 2.35. The summed E-state index contributed by atoms with van der Waals surface area (Å²) in [4.78, 5) is 22.9. The molecule has 6 nitrogen and oxygen atoms in total. The smallest absolute Gasteiger partial charge is 0.376 e. The second-order valence-electron chi connectivity index (χ2n) is 4.23. The van der Waals surface area contributed by atoms with Crippen molar-refractivity contribution < 1.29 is 23.5 Å². The van der Waals surface area contributed by atoms with E-state index in [1.54, 1.807) is 18.2 Å². The van der Waals surface area contributed by atoms with Crippen molar-refractivity contribution in [2.45, 2.75) is 6.92 Å². The van der Waals surface area contributed by atoms with Crippen molar-refractivity contribution in [3.63, 3.8) is 0 Å². The van der Waals surface area contributed by atoms with Crippen molar-refractivity contribution >= 4 is 17.6 Å². The average Bonchev–Trinajstić information content (AvgIpc) is 2.89. The van der Waals surface area contributed by atoms with Crippen molar-refractivity contribution in [1.82, 2.24) is 0 Å². The maximum absolute atomic E-state index is 11.7. The van der Waals surface area contributed by atoms with Crippen LogP contribution in [0.1, 0.15) is 17.5 Å². The molecule has 1 amide bonds. The van der Waals surface area contributed by atoms with Gasteiger partial charge in [-0.3, -0.25) is 4.79 Å². The molecule has 110 valence electrons. The Kier molecular flexibility index (Phi) is 4.27. The fourth-order valence-corrected chi connectivity index (χ4v) is 1.90. The lowest BCUT2D eigenvalue weighted by molar-refractivity contribution is -0.114. The van der Waals surface area contributed by atoms with Crippen LogP contribution in [0.2, 0.25) is 0 Å². The molecule has 0 spiro atoms. The normalized spacial score (nSPS) is 10.0. The maximum atomic E-state index is 11.7. The first kappa shape index (κ1) is 14.6. The first-order valence-electron chi connectivity index (χ1n) is 6.20. The minimum atomic E-state index is -0.667. The molecule has 0 saturated carbocycles. The zero-order valence-corrected chi connectivity index (χ0v) is 11.9. The van der Waals surface area contributed by atoms with E-state index in [-0.39, 0.29) is 17.4 Å². The minimum Gasteiger partial charge on any atom is -0.496 e. The molecule has 1 aromatic heterocycles. The SMILES string of the molecule is COC(=O)c1oc(-c2ccccc2OC)cc1NC(C)=O. The molecule has 0 aliphatic carbocycles. The number of para-hydroxylation sites is 1. The van der Waals surface area contributed by atoms with Crippen molar-refractivity contribution in [2.24, 2.45) is 0 Å². The van der Waals surface area contributed by atoms with Crippen LogP contribution in [-0.4, -0.2) is 26.1 Å². The van der Waals surface area contributed by atoms with Gasteiger partial charge >= 0.3 is 5.97 Å². The Labute approximate surface area is 121 Å². The first-order valence-corrected chi connectivity index (χ1v) is 6.20. The second kappa shape index (κ2) is 6.13.